The van der Waals surface area contributed by atoms with Crippen molar-refractivity contribution >= 4 is 22.4 Å². The molecule has 1 aliphatic heterocycles. The van der Waals surface area contributed by atoms with Crippen LogP contribution < -0.4 is 5.32 Å². The van der Waals surface area contributed by atoms with E-state index in [1.54, 1.807) is 4.57 Å². The number of halogens is 3. The van der Waals surface area contributed by atoms with Crippen LogP contribution in [-0.2, 0) is 23.9 Å². The van der Waals surface area contributed by atoms with Crippen LogP contribution in [0, 0.1) is 5.92 Å². The Morgan fingerprint density at radius 3 is 3.00 bits per heavy atom. The highest BCUT2D eigenvalue weighted by Gasteiger charge is 2.35. The van der Waals surface area contributed by atoms with Crippen molar-refractivity contribution in [1.82, 2.24) is 24.6 Å². The van der Waals surface area contributed by atoms with Gasteiger partial charge in [-0.3, -0.25) is 15.0 Å². The van der Waals surface area contributed by atoms with Gasteiger partial charge in [0.05, 0.1) is 6.54 Å². The zero-order valence-corrected chi connectivity index (χ0v) is 14.3. The summed E-state index contributed by atoms with van der Waals surface area (Å²) in [5.74, 6) is 0.445. The van der Waals surface area contributed by atoms with Crippen LogP contribution in [-0.4, -0.2) is 50.7 Å². The average molecular weight is 374 g/mol. The van der Waals surface area contributed by atoms with E-state index >= 15 is 0 Å². The van der Waals surface area contributed by atoms with Crippen molar-refractivity contribution < 1.29 is 18.0 Å². The van der Waals surface area contributed by atoms with Crippen molar-refractivity contribution in [3.8, 4) is 0 Å². The number of alkyl halides is 3. The summed E-state index contributed by atoms with van der Waals surface area (Å²) < 4.78 is 39.8. The van der Waals surface area contributed by atoms with Gasteiger partial charge in [-0.25, -0.2) is 4.98 Å². The molecule has 1 N–H and O–H groups in total. The van der Waals surface area contributed by atoms with Crippen molar-refractivity contribution in [3.05, 3.63) is 23.2 Å². The Bertz CT molecular complexity index is 730. The number of nitrogens with one attached hydrogen (secondary N) is 1. The molecule has 2 aromatic rings. The van der Waals surface area contributed by atoms with E-state index in [1.165, 1.54) is 16.8 Å². The van der Waals surface area contributed by atoms with Crippen LogP contribution in [0.25, 0.3) is 0 Å². The van der Waals surface area contributed by atoms with Gasteiger partial charge in [-0.05, 0) is 19.4 Å². The molecule has 11 heteroatoms. The quantitative estimate of drug-likeness (QED) is 0.865. The van der Waals surface area contributed by atoms with E-state index in [2.05, 4.69) is 20.5 Å². The molecule has 1 unspecified atom stereocenters. The van der Waals surface area contributed by atoms with E-state index in [9.17, 15) is 18.0 Å². The second-order valence-electron chi connectivity index (χ2n) is 6.09. The van der Waals surface area contributed by atoms with Gasteiger partial charge >= 0.3 is 6.18 Å². The predicted molar refractivity (Wildman–Crippen MR) is 85.1 cm³/mol. The molecule has 1 aliphatic rings. The maximum atomic E-state index is 12.7. The molecule has 0 saturated carbocycles. The fraction of sp³-hybridized carbons (Fsp3) is 0.571. The Balaban J connectivity index is 1.52. The van der Waals surface area contributed by atoms with E-state index < -0.39 is 11.9 Å². The summed E-state index contributed by atoms with van der Waals surface area (Å²) in [6, 6.07) is 0. The van der Waals surface area contributed by atoms with E-state index in [0.717, 1.165) is 12.6 Å². The second kappa shape index (κ2) is 7.08. The minimum Gasteiger partial charge on any atom is -0.334 e. The molecule has 0 radical (unpaired) electrons. The first-order valence-corrected chi connectivity index (χ1v) is 8.57. The van der Waals surface area contributed by atoms with Crippen LogP contribution in [0.1, 0.15) is 17.9 Å². The number of aromatic nitrogens is 4. The molecule has 3 heterocycles. The number of carbonyl (C=O) groups is 1. The summed E-state index contributed by atoms with van der Waals surface area (Å²) in [6.45, 7) is 1.27. The van der Waals surface area contributed by atoms with Crippen LogP contribution in [0.15, 0.2) is 11.7 Å². The summed E-state index contributed by atoms with van der Waals surface area (Å²) in [6.07, 6.45) is -2.09. The van der Waals surface area contributed by atoms with Gasteiger partial charge in [0, 0.05) is 25.7 Å². The number of carbonyl (C=O) groups excluding carboxylic acids is 1. The minimum atomic E-state index is -4.42. The Morgan fingerprint density at radius 1 is 1.52 bits per heavy atom. The molecule has 0 bridgehead atoms. The number of likely N-dealkylation sites (N-methyl/N-ethyl adjacent to an activating group) is 1. The lowest BCUT2D eigenvalue weighted by molar-refractivity contribution is -0.141. The molecule has 0 saturated heterocycles. The van der Waals surface area contributed by atoms with E-state index in [-0.39, 0.29) is 18.4 Å². The van der Waals surface area contributed by atoms with Gasteiger partial charge in [0.1, 0.15) is 11.3 Å². The van der Waals surface area contributed by atoms with Crippen molar-refractivity contribution in [2.24, 2.45) is 5.92 Å². The molecule has 7 nitrogen and oxygen atoms in total. The number of hydrogen-bond donors (Lipinski definition) is 1. The maximum absolute atomic E-state index is 12.7. The lowest BCUT2D eigenvalue weighted by Gasteiger charge is -2.27. The summed E-state index contributed by atoms with van der Waals surface area (Å²) >= 11 is 1.24. The fourth-order valence-corrected chi connectivity index (χ4v) is 3.40. The third-order valence-electron chi connectivity index (χ3n) is 3.97. The van der Waals surface area contributed by atoms with Gasteiger partial charge in [-0.1, -0.05) is 11.3 Å². The normalized spacial score (nSPS) is 17.6. The van der Waals surface area contributed by atoms with E-state index in [0.29, 0.717) is 30.5 Å². The first-order valence-electron chi connectivity index (χ1n) is 7.69. The first-order chi connectivity index (χ1) is 11.8. The molecule has 0 spiro atoms. The number of hydrogen-bond acceptors (Lipinski definition) is 6. The first kappa shape index (κ1) is 17.8. The summed E-state index contributed by atoms with van der Waals surface area (Å²) in [5.41, 5.74) is 0.687. The maximum Gasteiger partial charge on any atom is 0.434 e. The number of anilines is 1. The fourth-order valence-electron chi connectivity index (χ4n) is 2.94. The molecule has 1 amide bonds. The summed E-state index contributed by atoms with van der Waals surface area (Å²) in [7, 11) is 1.81. The Labute approximate surface area is 145 Å². The topological polar surface area (TPSA) is 75.9 Å². The second-order valence-corrected chi connectivity index (χ2v) is 6.92. The number of imidazole rings is 1. The molecule has 136 valence electrons. The third kappa shape index (κ3) is 4.54. The zero-order valence-electron chi connectivity index (χ0n) is 13.5. The zero-order chi connectivity index (χ0) is 18.0. The molecule has 1 atom stereocenters. The minimum absolute atomic E-state index is 0.169. The highest BCUT2D eigenvalue weighted by atomic mass is 32.1. The number of nitrogens with zero attached hydrogens (tertiary/aromatic N) is 5. The highest BCUT2D eigenvalue weighted by molar-refractivity contribution is 7.13. The van der Waals surface area contributed by atoms with Gasteiger partial charge in [-0.2, -0.15) is 13.2 Å². The van der Waals surface area contributed by atoms with Gasteiger partial charge in [0.25, 0.3) is 0 Å². The van der Waals surface area contributed by atoms with E-state index in [1.807, 2.05) is 11.9 Å². The van der Waals surface area contributed by atoms with Crippen LogP contribution in [0.5, 0.6) is 0 Å². The Morgan fingerprint density at radius 2 is 2.32 bits per heavy atom. The molecule has 0 fully saturated rings. The molecule has 25 heavy (non-hydrogen) atoms. The Kier molecular flexibility index (Phi) is 5.04. The van der Waals surface area contributed by atoms with E-state index in [4.69, 9.17) is 0 Å². The van der Waals surface area contributed by atoms with Crippen molar-refractivity contribution in [2.75, 3.05) is 25.5 Å². The summed E-state index contributed by atoms with van der Waals surface area (Å²) in [5, 5.41) is 10.5. The Hall–Kier alpha value is -2.01. The standard InChI is InChI=1S/C14H17F3N6OS/c1-22(7-12(24)20-13-21-18-8-25-13)4-9-2-3-11-19-10(14(15,16)17)6-23(11)5-9/h6,8-9H,2-5,7H2,1H3,(H,20,21,24). The number of rotatable bonds is 5. The molecular formula is C14H17F3N6OS. The third-order valence-corrected chi connectivity index (χ3v) is 4.58. The lowest BCUT2D eigenvalue weighted by Crippen LogP contribution is -2.36. The smallest absolute Gasteiger partial charge is 0.334 e. The van der Waals surface area contributed by atoms with Gasteiger partial charge < -0.3 is 4.57 Å². The lowest BCUT2D eigenvalue weighted by atomic mass is 9.99. The molecule has 0 aliphatic carbocycles. The SMILES string of the molecule is CN(CC(=O)Nc1nncs1)CC1CCc2nc(C(F)(F)F)cn2C1. The summed E-state index contributed by atoms with van der Waals surface area (Å²) in [4.78, 5) is 17.4. The van der Waals surface area contributed by atoms with Crippen molar-refractivity contribution in [3.63, 3.8) is 0 Å². The predicted octanol–water partition coefficient (Wildman–Crippen LogP) is 1.89. The van der Waals surface area contributed by atoms with Gasteiger partial charge in [0.2, 0.25) is 11.0 Å². The number of amides is 1. The number of fused-ring (bicyclic) bond motifs is 1. The van der Waals surface area contributed by atoms with Crippen molar-refractivity contribution in [1.29, 1.82) is 0 Å². The van der Waals surface area contributed by atoms with Crippen molar-refractivity contribution in [2.45, 2.75) is 25.6 Å². The van der Waals surface area contributed by atoms with Crippen LogP contribution in [0.2, 0.25) is 0 Å². The van der Waals surface area contributed by atoms with Crippen LogP contribution in [0.3, 0.4) is 0 Å². The van der Waals surface area contributed by atoms with Gasteiger partial charge in [-0.15, -0.1) is 10.2 Å². The molecule has 2 aromatic heterocycles. The van der Waals surface area contributed by atoms with Crippen LogP contribution in [0.4, 0.5) is 18.3 Å². The average Bonchev–Trinajstić information content (AvgIpc) is 3.14. The van der Waals surface area contributed by atoms with Gasteiger partial charge in [0.15, 0.2) is 5.69 Å². The molecule has 0 aromatic carbocycles. The largest absolute Gasteiger partial charge is 0.434 e. The van der Waals surface area contributed by atoms with Crippen LogP contribution >= 0.6 is 11.3 Å². The molecular weight excluding hydrogens is 357 g/mol. The highest BCUT2D eigenvalue weighted by Crippen LogP contribution is 2.30. The number of aryl methyl sites for hydroxylation is 1. The molecule has 3 rings (SSSR count). The monoisotopic (exact) mass is 374 g/mol.